The Kier molecular flexibility index (Phi) is 3.96. The molecule has 0 bridgehead atoms. The lowest BCUT2D eigenvalue weighted by Gasteiger charge is -2.62. The van der Waals surface area contributed by atoms with Gasteiger partial charge in [-0.15, -0.1) is 0 Å². The summed E-state index contributed by atoms with van der Waals surface area (Å²) >= 11 is 0. The van der Waals surface area contributed by atoms with Crippen molar-refractivity contribution in [1.82, 2.24) is 0 Å². The molecule has 3 rings (SSSR count). The van der Waals surface area contributed by atoms with Crippen molar-refractivity contribution in [1.29, 1.82) is 0 Å². The minimum absolute atomic E-state index is 0.0389. The zero-order valence-electron chi connectivity index (χ0n) is 14.9. The van der Waals surface area contributed by atoms with Gasteiger partial charge in [-0.3, -0.25) is 0 Å². The van der Waals surface area contributed by atoms with Crippen LogP contribution in [0.15, 0.2) is 0 Å². The maximum Gasteiger partial charge on any atom is 0.0573 e. The van der Waals surface area contributed by atoms with Gasteiger partial charge in [0.1, 0.15) is 0 Å². The Morgan fingerprint density at radius 3 is 2.33 bits per heavy atom. The van der Waals surface area contributed by atoms with Gasteiger partial charge in [0, 0.05) is 0 Å². The molecule has 0 amide bonds. The van der Waals surface area contributed by atoms with Crippen molar-refractivity contribution < 1.29 is 5.11 Å². The first-order valence-electron chi connectivity index (χ1n) is 9.45. The van der Waals surface area contributed by atoms with E-state index in [1.165, 1.54) is 38.5 Å². The first-order valence-corrected chi connectivity index (χ1v) is 9.45. The highest BCUT2D eigenvalue weighted by Gasteiger charge is 2.57. The summed E-state index contributed by atoms with van der Waals surface area (Å²) in [6.07, 6.45) is 9.32. The Hall–Kier alpha value is -0.0400. The number of fused-ring (bicyclic) bond motifs is 3. The molecule has 6 atom stereocenters. The summed E-state index contributed by atoms with van der Waals surface area (Å²) in [5.41, 5.74) is 1.07. The third-order valence-electron chi connectivity index (χ3n) is 7.91. The Balaban J connectivity index is 1.92. The Morgan fingerprint density at radius 1 is 0.952 bits per heavy atom. The average molecular weight is 293 g/mol. The molecule has 3 aliphatic rings. The molecule has 5 unspecified atom stereocenters. The molecular weight excluding hydrogens is 256 g/mol. The molecule has 0 aliphatic heterocycles. The van der Waals surface area contributed by atoms with Gasteiger partial charge in [0.15, 0.2) is 0 Å². The summed E-state index contributed by atoms with van der Waals surface area (Å²) in [6.45, 7) is 12.3. The lowest BCUT2D eigenvalue weighted by atomic mass is 9.43. The fourth-order valence-corrected chi connectivity index (χ4v) is 7.15. The Morgan fingerprint density at radius 2 is 1.67 bits per heavy atom. The molecule has 21 heavy (non-hydrogen) atoms. The van der Waals surface area contributed by atoms with Gasteiger partial charge in [-0.05, 0) is 78.9 Å². The summed E-state index contributed by atoms with van der Waals surface area (Å²) < 4.78 is 0. The van der Waals surface area contributed by atoms with Crippen LogP contribution in [0, 0.1) is 40.4 Å². The molecule has 3 fully saturated rings. The summed E-state index contributed by atoms with van der Waals surface area (Å²) in [5.74, 6) is 3.73. The molecule has 1 N–H and O–H groups in total. The number of rotatable bonds is 1. The normalized spacial score (nSPS) is 49.6. The SMILES string of the molecule is CC(C)C1C(O)CCC2C1CCC1C(C)(C)CCC[C@]21C. The van der Waals surface area contributed by atoms with Crippen molar-refractivity contribution in [3.05, 3.63) is 0 Å². The van der Waals surface area contributed by atoms with Crippen LogP contribution in [0.3, 0.4) is 0 Å². The fraction of sp³-hybridized carbons (Fsp3) is 1.00. The van der Waals surface area contributed by atoms with E-state index in [2.05, 4.69) is 34.6 Å². The molecule has 0 radical (unpaired) electrons. The maximum atomic E-state index is 10.6. The lowest BCUT2D eigenvalue weighted by molar-refractivity contribution is -0.149. The molecule has 0 aromatic carbocycles. The molecule has 3 aliphatic carbocycles. The molecule has 0 aromatic rings. The molecular formula is C20H36O. The monoisotopic (exact) mass is 292 g/mol. The van der Waals surface area contributed by atoms with Gasteiger partial charge < -0.3 is 5.11 Å². The number of hydrogen-bond donors (Lipinski definition) is 1. The van der Waals surface area contributed by atoms with E-state index in [1.807, 2.05) is 0 Å². The summed E-state index contributed by atoms with van der Waals surface area (Å²) in [4.78, 5) is 0. The third kappa shape index (κ3) is 2.38. The molecule has 1 nitrogen and oxygen atoms in total. The maximum absolute atomic E-state index is 10.6. The standard InChI is InChI=1S/C20H36O/c1-13(2)18-14-7-10-17-19(3,4)11-6-12-20(17,5)15(14)8-9-16(18)21/h13-18,21H,6-12H2,1-5H3/t14?,15?,16?,17?,18?,20-/m1/s1. The van der Waals surface area contributed by atoms with E-state index in [-0.39, 0.29) is 6.10 Å². The molecule has 0 heterocycles. The van der Waals surface area contributed by atoms with Crippen LogP contribution in [0.4, 0.5) is 0 Å². The van der Waals surface area contributed by atoms with Crippen LogP contribution >= 0.6 is 0 Å². The third-order valence-corrected chi connectivity index (χ3v) is 7.91. The molecule has 122 valence electrons. The van der Waals surface area contributed by atoms with Gasteiger partial charge in [0.25, 0.3) is 0 Å². The quantitative estimate of drug-likeness (QED) is 0.698. The van der Waals surface area contributed by atoms with E-state index < -0.39 is 0 Å². The topological polar surface area (TPSA) is 20.2 Å². The smallest absolute Gasteiger partial charge is 0.0573 e. The highest BCUT2D eigenvalue weighted by molar-refractivity contribution is 5.06. The second-order valence-corrected chi connectivity index (χ2v) is 9.71. The first kappa shape index (κ1) is 15.8. The predicted octanol–water partition coefficient (Wildman–Crippen LogP) is 5.27. The van der Waals surface area contributed by atoms with Crippen molar-refractivity contribution in [2.45, 2.75) is 85.7 Å². The van der Waals surface area contributed by atoms with Crippen LogP contribution in [0.5, 0.6) is 0 Å². The highest BCUT2D eigenvalue weighted by Crippen LogP contribution is 2.64. The fourth-order valence-electron chi connectivity index (χ4n) is 7.15. The number of aliphatic hydroxyl groups is 1. The van der Waals surface area contributed by atoms with Gasteiger partial charge in [-0.1, -0.05) is 41.0 Å². The molecule has 0 saturated heterocycles. The first-order chi connectivity index (χ1) is 9.77. The lowest BCUT2D eigenvalue weighted by Crippen LogP contribution is -2.56. The molecule has 0 spiro atoms. The zero-order valence-corrected chi connectivity index (χ0v) is 14.9. The zero-order chi connectivity index (χ0) is 15.4. The van der Waals surface area contributed by atoms with E-state index >= 15 is 0 Å². The second kappa shape index (κ2) is 5.25. The van der Waals surface area contributed by atoms with E-state index in [1.54, 1.807) is 0 Å². The summed E-state index contributed by atoms with van der Waals surface area (Å²) in [6, 6.07) is 0. The molecule has 3 saturated carbocycles. The Bertz CT molecular complexity index is 385. The van der Waals surface area contributed by atoms with E-state index in [0.29, 0.717) is 22.7 Å². The number of hydrogen-bond acceptors (Lipinski definition) is 1. The Labute approximate surface area is 131 Å². The molecule has 0 aromatic heterocycles. The van der Waals surface area contributed by atoms with Crippen molar-refractivity contribution >= 4 is 0 Å². The average Bonchev–Trinajstić information content (AvgIpc) is 2.36. The van der Waals surface area contributed by atoms with Crippen molar-refractivity contribution in [3.63, 3.8) is 0 Å². The second-order valence-electron chi connectivity index (χ2n) is 9.71. The van der Waals surface area contributed by atoms with Crippen molar-refractivity contribution in [2.24, 2.45) is 40.4 Å². The van der Waals surface area contributed by atoms with Gasteiger partial charge >= 0.3 is 0 Å². The van der Waals surface area contributed by atoms with Crippen LogP contribution in [0.25, 0.3) is 0 Å². The van der Waals surface area contributed by atoms with Crippen molar-refractivity contribution in [3.8, 4) is 0 Å². The van der Waals surface area contributed by atoms with Gasteiger partial charge in [0.05, 0.1) is 6.10 Å². The van der Waals surface area contributed by atoms with E-state index in [9.17, 15) is 5.11 Å². The molecule has 1 heteroatoms. The largest absolute Gasteiger partial charge is 0.393 e. The van der Waals surface area contributed by atoms with Gasteiger partial charge in [-0.2, -0.15) is 0 Å². The number of aliphatic hydroxyl groups excluding tert-OH is 1. The highest BCUT2D eigenvalue weighted by atomic mass is 16.3. The van der Waals surface area contributed by atoms with Crippen LogP contribution in [0.1, 0.15) is 79.6 Å². The van der Waals surface area contributed by atoms with Crippen LogP contribution in [0.2, 0.25) is 0 Å². The summed E-state index contributed by atoms with van der Waals surface area (Å²) in [7, 11) is 0. The minimum Gasteiger partial charge on any atom is -0.393 e. The van der Waals surface area contributed by atoms with Crippen LogP contribution in [-0.4, -0.2) is 11.2 Å². The van der Waals surface area contributed by atoms with Crippen molar-refractivity contribution in [2.75, 3.05) is 0 Å². The van der Waals surface area contributed by atoms with Gasteiger partial charge in [0.2, 0.25) is 0 Å². The summed E-state index contributed by atoms with van der Waals surface area (Å²) in [5, 5.41) is 10.6. The van der Waals surface area contributed by atoms with E-state index in [0.717, 1.165) is 24.2 Å². The van der Waals surface area contributed by atoms with Gasteiger partial charge in [-0.25, -0.2) is 0 Å². The van der Waals surface area contributed by atoms with E-state index in [4.69, 9.17) is 0 Å². The minimum atomic E-state index is -0.0389. The van der Waals surface area contributed by atoms with Crippen LogP contribution < -0.4 is 0 Å². The van der Waals surface area contributed by atoms with Crippen LogP contribution in [-0.2, 0) is 0 Å². The predicted molar refractivity (Wildman–Crippen MR) is 89.0 cm³/mol.